The van der Waals surface area contributed by atoms with E-state index in [2.05, 4.69) is 42.2 Å². The lowest BCUT2D eigenvalue weighted by molar-refractivity contribution is 0.159. The van der Waals surface area contributed by atoms with Crippen molar-refractivity contribution in [2.45, 2.75) is 6.92 Å². The molecular formula is C12H21BN6. The van der Waals surface area contributed by atoms with Gasteiger partial charge < -0.3 is 11.1 Å². The van der Waals surface area contributed by atoms with E-state index in [1.807, 2.05) is 19.1 Å². The van der Waals surface area contributed by atoms with Crippen molar-refractivity contribution in [2.24, 2.45) is 5.73 Å². The van der Waals surface area contributed by atoms with Crippen molar-refractivity contribution >= 4 is 13.8 Å². The van der Waals surface area contributed by atoms with Gasteiger partial charge in [-0.15, -0.1) is 5.12 Å². The SMILES string of the molecule is BC1=C/C=C(NCN(NC)NC(=N)N)\C(C)=C\C=C\1. The van der Waals surface area contributed by atoms with E-state index in [9.17, 15) is 0 Å². The topological polar surface area (TPSA) is 89.2 Å². The molecule has 0 saturated heterocycles. The lowest BCUT2D eigenvalue weighted by Crippen LogP contribution is -2.54. The van der Waals surface area contributed by atoms with Crippen LogP contribution < -0.4 is 21.9 Å². The van der Waals surface area contributed by atoms with Crippen molar-refractivity contribution in [1.29, 1.82) is 5.41 Å². The maximum atomic E-state index is 7.19. The van der Waals surface area contributed by atoms with Gasteiger partial charge >= 0.3 is 0 Å². The molecule has 0 aromatic rings. The first-order valence-corrected chi connectivity index (χ1v) is 6.06. The minimum absolute atomic E-state index is 0.117. The van der Waals surface area contributed by atoms with E-state index in [1.54, 1.807) is 12.2 Å². The summed E-state index contributed by atoms with van der Waals surface area (Å²) in [6, 6.07) is 0. The molecule has 0 fully saturated rings. The highest BCUT2D eigenvalue weighted by Crippen LogP contribution is 2.10. The fourth-order valence-electron chi connectivity index (χ4n) is 1.52. The monoisotopic (exact) mass is 260 g/mol. The first-order valence-electron chi connectivity index (χ1n) is 6.06. The Morgan fingerprint density at radius 3 is 2.79 bits per heavy atom. The average molecular weight is 260 g/mol. The van der Waals surface area contributed by atoms with Crippen LogP contribution in [0.15, 0.2) is 47.1 Å². The normalized spacial score (nSPS) is 24.9. The number of nitrogens with one attached hydrogen (secondary N) is 4. The molecule has 1 aliphatic rings. The predicted molar refractivity (Wildman–Crippen MR) is 81.6 cm³/mol. The molecular weight excluding hydrogens is 239 g/mol. The summed E-state index contributed by atoms with van der Waals surface area (Å²) < 4.78 is 0. The van der Waals surface area contributed by atoms with Crippen LogP contribution in [0.3, 0.4) is 0 Å². The summed E-state index contributed by atoms with van der Waals surface area (Å²) in [5.41, 5.74) is 14.2. The summed E-state index contributed by atoms with van der Waals surface area (Å²) in [7, 11) is 3.80. The van der Waals surface area contributed by atoms with Gasteiger partial charge in [-0.05, 0) is 18.6 Å². The van der Waals surface area contributed by atoms with Crippen LogP contribution in [-0.4, -0.2) is 32.6 Å². The summed E-state index contributed by atoms with van der Waals surface area (Å²) in [5, 5.41) is 12.1. The van der Waals surface area contributed by atoms with E-state index in [1.165, 1.54) is 5.47 Å². The zero-order valence-corrected chi connectivity index (χ0v) is 11.6. The molecule has 0 atom stereocenters. The molecule has 0 unspecified atom stereocenters. The van der Waals surface area contributed by atoms with Crippen LogP contribution in [0.25, 0.3) is 0 Å². The molecule has 0 radical (unpaired) electrons. The van der Waals surface area contributed by atoms with Crippen molar-refractivity contribution < 1.29 is 0 Å². The molecule has 0 heterocycles. The van der Waals surface area contributed by atoms with Crippen LogP contribution in [0.2, 0.25) is 0 Å². The van der Waals surface area contributed by atoms with Crippen molar-refractivity contribution in [1.82, 2.24) is 21.3 Å². The number of nitrogens with zero attached hydrogens (tertiary/aromatic N) is 1. The molecule has 0 aliphatic heterocycles. The predicted octanol–water partition coefficient (Wildman–Crippen LogP) is -0.715. The lowest BCUT2D eigenvalue weighted by atomic mass is 9.93. The molecule has 0 aromatic carbocycles. The van der Waals surface area contributed by atoms with Crippen molar-refractivity contribution in [2.75, 3.05) is 13.7 Å². The second-order valence-corrected chi connectivity index (χ2v) is 4.21. The minimum Gasteiger partial charge on any atom is -0.369 e. The van der Waals surface area contributed by atoms with Gasteiger partial charge in [0.15, 0.2) is 0 Å². The maximum Gasteiger partial charge on any atom is 0.201 e. The van der Waals surface area contributed by atoms with Gasteiger partial charge in [0.25, 0.3) is 0 Å². The Labute approximate surface area is 115 Å². The Balaban J connectivity index is 2.66. The van der Waals surface area contributed by atoms with Crippen LogP contribution in [0.5, 0.6) is 0 Å². The van der Waals surface area contributed by atoms with Gasteiger partial charge in [-0.25, -0.2) is 5.43 Å². The third kappa shape index (κ3) is 5.45. The zero-order chi connectivity index (χ0) is 14.3. The number of allylic oxidation sites excluding steroid dienone is 7. The van der Waals surface area contributed by atoms with Gasteiger partial charge in [0.05, 0.1) is 0 Å². The molecule has 102 valence electrons. The van der Waals surface area contributed by atoms with Gasteiger partial charge in [-0.2, -0.15) is 0 Å². The summed E-state index contributed by atoms with van der Waals surface area (Å²) in [4.78, 5) is 0. The molecule has 0 bridgehead atoms. The summed E-state index contributed by atoms with van der Waals surface area (Å²) >= 11 is 0. The van der Waals surface area contributed by atoms with Gasteiger partial charge in [0, 0.05) is 12.7 Å². The van der Waals surface area contributed by atoms with E-state index < -0.39 is 0 Å². The minimum atomic E-state index is -0.117. The third-order valence-corrected chi connectivity index (χ3v) is 2.60. The number of nitrogens with two attached hydrogens (primary N) is 1. The highest BCUT2D eigenvalue weighted by molar-refractivity contribution is 6.23. The number of hydrazine groups is 2. The number of rotatable bonds is 5. The Bertz CT molecular complexity index is 449. The molecule has 1 aliphatic carbocycles. The lowest BCUT2D eigenvalue weighted by Gasteiger charge is -2.23. The Kier molecular flexibility index (Phi) is 5.91. The van der Waals surface area contributed by atoms with Gasteiger partial charge in [-0.3, -0.25) is 10.8 Å². The molecule has 6 nitrogen and oxygen atoms in total. The molecule has 0 aromatic heterocycles. The highest BCUT2D eigenvalue weighted by atomic mass is 15.7. The van der Waals surface area contributed by atoms with Crippen LogP contribution in [0.1, 0.15) is 6.92 Å². The first kappa shape index (κ1) is 15.1. The average Bonchev–Trinajstić information content (AvgIpc) is 2.34. The molecule has 0 amide bonds. The first-order chi connectivity index (χ1) is 9.02. The molecule has 19 heavy (non-hydrogen) atoms. The number of hydrogen-bond acceptors (Lipinski definition) is 4. The second-order valence-electron chi connectivity index (χ2n) is 4.21. The van der Waals surface area contributed by atoms with Crippen LogP contribution in [0.4, 0.5) is 0 Å². The second kappa shape index (κ2) is 7.45. The number of hydrogen-bond donors (Lipinski definition) is 5. The molecule has 7 heteroatoms. The summed E-state index contributed by atoms with van der Waals surface area (Å²) in [6.45, 7) is 2.50. The molecule has 6 N–H and O–H groups in total. The fourth-order valence-corrected chi connectivity index (χ4v) is 1.52. The third-order valence-electron chi connectivity index (χ3n) is 2.60. The van der Waals surface area contributed by atoms with Gasteiger partial charge in [0.2, 0.25) is 5.96 Å². The largest absolute Gasteiger partial charge is 0.369 e. The Morgan fingerprint density at radius 2 is 2.16 bits per heavy atom. The van der Waals surface area contributed by atoms with Gasteiger partial charge in [0.1, 0.15) is 14.5 Å². The van der Waals surface area contributed by atoms with Crippen LogP contribution in [0, 0.1) is 5.41 Å². The quantitative estimate of drug-likeness (QED) is 0.148. The molecule has 0 saturated carbocycles. The standard InChI is InChI=1S/C12H21BN6/c1-9-4-3-5-10(13)6-7-11(9)17-8-19(16-2)18-12(14)15/h3-7,16-17H,8,13H2,1-2H3,(H4,14,15,18)/b4-3?,5-3+,7-6?,9-4+,10-5?,10-6+,11-7+,11-9?. The van der Waals surface area contributed by atoms with Crippen LogP contribution in [-0.2, 0) is 0 Å². The van der Waals surface area contributed by atoms with E-state index in [0.29, 0.717) is 6.67 Å². The van der Waals surface area contributed by atoms with Gasteiger partial charge in [-0.1, -0.05) is 29.8 Å². The summed E-state index contributed by atoms with van der Waals surface area (Å²) in [5.74, 6) is -0.117. The maximum absolute atomic E-state index is 7.19. The smallest absolute Gasteiger partial charge is 0.201 e. The van der Waals surface area contributed by atoms with E-state index in [4.69, 9.17) is 11.1 Å². The molecule has 1 rings (SSSR count). The van der Waals surface area contributed by atoms with E-state index >= 15 is 0 Å². The zero-order valence-electron chi connectivity index (χ0n) is 11.6. The van der Waals surface area contributed by atoms with Crippen molar-refractivity contribution in [3.8, 4) is 0 Å². The van der Waals surface area contributed by atoms with Crippen LogP contribution >= 0.6 is 0 Å². The Hall–Kier alpha value is -1.99. The van der Waals surface area contributed by atoms with Crippen molar-refractivity contribution in [3.63, 3.8) is 0 Å². The number of guanidine groups is 1. The molecule has 0 spiro atoms. The van der Waals surface area contributed by atoms with E-state index in [-0.39, 0.29) is 5.96 Å². The highest BCUT2D eigenvalue weighted by Gasteiger charge is 2.04. The van der Waals surface area contributed by atoms with Crippen molar-refractivity contribution in [3.05, 3.63) is 47.1 Å². The summed E-state index contributed by atoms with van der Waals surface area (Å²) in [6.07, 6.45) is 10.2. The van der Waals surface area contributed by atoms with E-state index in [0.717, 1.165) is 11.3 Å². The Morgan fingerprint density at radius 1 is 1.42 bits per heavy atom. The fraction of sp³-hybridized carbons (Fsp3) is 0.250.